The van der Waals surface area contributed by atoms with Gasteiger partial charge in [0.2, 0.25) is 0 Å². The zero-order chi connectivity index (χ0) is 6.53. The standard InChI is InChI=1S/C8H9Br/c9-7-3-1-2-4-8-5-6-8/h1,3,8H,5-7H2/b3-1+. The van der Waals surface area contributed by atoms with Gasteiger partial charge >= 0.3 is 0 Å². The molecule has 48 valence electrons. The van der Waals surface area contributed by atoms with Gasteiger partial charge in [-0.15, -0.1) is 0 Å². The summed E-state index contributed by atoms with van der Waals surface area (Å²) in [7, 11) is 0. The SMILES string of the molecule is BrC/C=C/C#CC1CC1. The molecule has 0 nitrogen and oxygen atoms in total. The smallest absolute Gasteiger partial charge is 0.0221 e. The first-order valence-electron chi connectivity index (χ1n) is 3.15. The molecule has 1 fully saturated rings. The largest absolute Gasteiger partial charge is 0.0951 e. The Bertz CT molecular complexity index is 155. The minimum atomic E-state index is 0.727. The van der Waals surface area contributed by atoms with E-state index in [9.17, 15) is 0 Å². The first kappa shape index (κ1) is 6.89. The molecule has 0 atom stereocenters. The summed E-state index contributed by atoms with van der Waals surface area (Å²) in [6, 6.07) is 0. The van der Waals surface area contributed by atoms with Gasteiger partial charge in [-0.25, -0.2) is 0 Å². The van der Waals surface area contributed by atoms with Crippen molar-refractivity contribution >= 4 is 15.9 Å². The Kier molecular flexibility index (Phi) is 2.86. The molecule has 0 aromatic heterocycles. The number of alkyl halides is 1. The molecule has 1 saturated carbocycles. The van der Waals surface area contributed by atoms with Crippen LogP contribution in [-0.2, 0) is 0 Å². The van der Waals surface area contributed by atoms with Crippen molar-refractivity contribution in [3.63, 3.8) is 0 Å². The van der Waals surface area contributed by atoms with Crippen molar-refractivity contribution in [3.8, 4) is 11.8 Å². The summed E-state index contributed by atoms with van der Waals surface area (Å²) in [5.41, 5.74) is 0. The van der Waals surface area contributed by atoms with E-state index in [-0.39, 0.29) is 0 Å². The van der Waals surface area contributed by atoms with Gasteiger partial charge in [0.1, 0.15) is 0 Å². The fraction of sp³-hybridized carbons (Fsp3) is 0.500. The number of hydrogen-bond acceptors (Lipinski definition) is 0. The van der Waals surface area contributed by atoms with Gasteiger partial charge in [0, 0.05) is 11.2 Å². The van der Waals surface area contributed by atoms with Crippen molar-refractivity contribution in [2.75, 3.05) is 5.33 Å². The molecule has 0 aromatic rings. The van der Waals surface area contributed by atoms with E-state index >= 15 is 0 Å². The molecule has 0 saturated heterocycles. The summed E-state index contributed by atoms with van der Waals surface area (Å²) in [4.78, 5) is 0. The third kappa shape index (κ3) is 3.37. The zero-order valence-electron chi connectivity index (χ0n) is 5.23. The van der Waals surface area contributed by atoms with Gasteiger partial charge in [-0.1, -0.05) is 33.8 Å². The highest BCUT2D eigenvalue weighted by Gasteiger charge is 2.17. The summed E-state index contributed by atoms with van der Waals surface area (Å²) in [6.45, 7) is 0. The van der Waals surface area contributed by atoms with E-state index in [1.165, 1.54) is 12.8 Å². The van der Waals surface area contributed by atoms with Crippen molar-refractivity contribution in [2.24, 2.45) is 5.92 Å². The van der Waals surface area contributed by atoms with Crippen molar-refractivity contribution in [3.05, 3.63) is 12.2 Å². The van der Waals surface area contributed by atoms with Crippen molar-refractivity contribution in [1.29, 1.82) is 0 Å². The van der Waals surface area contributed by atoms with Crippen LogP contribution in [0, 0.1) is 17.8 Å². The lowest BCUT2D eigenvalue weighted by atomic mass is 10.4. The van der Waals surface area contributed by atoms with Crippen molar-refractivity contribution < 1.29 is 0 Å². The Morgan fingerprint density at radius 3 is 2.89 bits per heavy atom. The first-order valence-corrected chi connectivity index (χ1v) is 4.27. The molecule has 0 heterocycles. The first-order chi connectivity index (χ1) is 4.43. The van der Waals surface area contributed by atoms with E-state index in [0.717, 1.165) is 11.2 Å². The Labute approximate surface area is 64.5 Å². The normalized spacial score (nSPS) is 17.4. The molecular formula is C8H9Br. The maximum absolute atomic E-state index is 3.28. The number of rotatable bonds is 1. The van der Waals surface area contributed by atoms with Crippen LogP contribution in [0.15, 0.2) is 12.2 Å². The highest BCUT2D eigenvalue weighted by molar-refractivity contribution is 9.09. The molecule has 1 aliphatic carbocycles. The maximum atomic E-state index is 3.28. The Morgan fingerprint density at radius 2 is 2.33 bits per heavy atom. The molecule has 0 spiro atoms. The maximum Gasteiger partial charge on any atom is 0.0221 e. The third-order valence-corrected chi connectivity index (χ3v) is 1.53. The predicted molar refractivity (Wildman–Crippen MR) is 43.4 cm³/mol. The monoisotopic (exact) mass is 184 g/mol. The van der Waals surface area contributed by atoms with Crippen LogP contribution >= 0.6 is 15.9 Å². The molecule has 0 bridgehead atoms. The second kappa shape index (κ2) is 3.74. The van der Waals surface area contributed by atoms with Gasteiger partial charge < -0.3 is 0 Å². The topological polar surface area (TPSA) is 0 Å². The fourth-order valence-corrected chi connectivity index (χ4v) is 0.684. The molecule has 1 aliphatic rings. The molecule has 0 aromatic carbocycles. The third-order valence-electron chi connectivity index (χ3n) is 1.16. The van der Waals surface area contributed by atoms with Gasteiger partial charge in [-0.3, -0.25) is 0 Å². The van der Waals surface area contributed by atoms with Crippen LogP contribution in [0.2, 0.25) is 0 Å². The summed E-state index contributed by atoms with van der Waals surface area (Å²) in [5.74, 6) is 6.85. The Hall–Kier alpha value is -0.220. The molecular weight excluding hydrogens is 176 g/mol. The van der Waals surface area contributed by atoms with Crippen LogP contribution in [0.1, 0.15) is 12.8 Å². The van der Waals surface area contributed by atoms with E-state index in [2.05, 4.69) is 27.8 Å². The van der Waals surface area contributed by atoms with Crippen LogP contribution in [0.5, 0.6) is 0 Å². The summed E-state index contributed by atoms with van der Waals surface area (Å²) in [5, 5.41) is 0.909. The van der Waals surface area contributed by atoms with E-state index in [0.29, 0.717) is 0 Å². The molecule has 0 radical (unpaired) electrons. The molecule has 0 aliphatic heterocycles. The molecule has 9 heavy (non-hydrogen) atoms. The molecule has 0 N–H and O–H groups in total. The Balaban J connectivity index is 2.16. The quantitative estimate of drug-likeness (QED) is 0.434. The lowest BCUT2D eigenvalue weighted by Crippen LogP contribution is -1.61. The lowest BCUT2D eigenvalue weighted by molar-refractivity contribution is 1.18. The lowest BCUT2D eigenvalue weighted by Gasteiger charge is -1.69. The van der Waals surface area contributed by atoms with E-state index in [1.54, 1.807) is 0 Å². The minimum absolute atomic E-state index is 0.727. The zero-order valence-corrected chi connectivity index (χ0v) is 6.82. The second-order valence-electron chi connectivity index (χ2n) is 2.12. The van der Waals surface area contributed by atoms with Crippen LogP contribution in [0.4, 0.5) is 0 Å². The van der Waals surface area contributed by atoms with Crippen LogP contribution in [0.25, 0.3) is 0 Å². The summed E-state index contributed by atoms with van der Waals surface area (Å²) < 4.78 is 0. The summed E-state index contributed by atoms with van der Waals surface area (Å²) in [6.07, 6.45) is 6.55. The van der Waals surface area contributed by atoms with Crippen LogP contribution in [0.3, 0.4) is 0 Å². The van der Waals surface area contributed by atoms with Gasteiger partial charge in [-0.2, -0.15) is 0 Å². The number of halogens is 1. The fourth-order valence-electron chi connectivity index (χ4n) is 0.497. The second-order valence-corrected chi connectivity index (χ2v) is 2.77. The van der Waals surface area contributed by atoms with E-state index in [4.69, 9.17) is 0 Å². The highest BCUT2D eigenvalue weighted by atomic mass is 79.9. The van der Waals surface area contributed by atoms with Gasteiger partial charge in [0.05, 0.1) is 0 Å². The number of hydrogen-bond donors (Lipinski definition) is 0. The van der Waals surface area contributed by atoms with Crippen molar-refractivity contribution in [2.45, 2.75) is 12.8 Å². The predicted octanol–water partition coefficient (Wildman–Crippen LogP) is 2.35. The number of allylic oxidation sites excluding steroid dienone is 2. The molecule has 0 unspecified atom stereocenters. The average Bonchev–Trinajstić information content (AvgIpc) is 2.63. The Morgan fingerprint density at radius 1 is 1.56 bits per heavy atom. The minimum Gasteiger partial charge on any atom is -0.0951 e. The van der Waals surface area contributed by atoms with E-state index < -0.39 is 0 Å². The average molecular weight is 185 g/mol. The highest BCUT2D eigenvalue weighted by Crippen LogP contribution is 2.27. The van der Waals surface area contributed by atoms with Crippen molar-refractivity contribution in [1.82, 2.24) is 0 Å². The van der Waals surface area contributed by atoms with Gasteiger partial charge in [0.15, 0.2) is 0 Å². The van der Waals surface area contributed by atoms with Gasteiger partial charge in [0.25, 0.3) is 0 Å². The van der Waals surface area contributed by atoms with Crippen LogP contribution < -0.4 is 0 Å². The molecule has 0 amide bonds. The van der Waals surface area contributed by atoms with E-state index in [1.807, 2.05) is 12.2 Å². The molecule has 1 rings (SSSR count). The molecule has 1 heteroatoms. The van der Waals surface area contributed by atoms with Gasteiger partial charge in [-0.05, 0) is 18.9 Å². The van der Waals surface area contributed by atoms with Crippen LogP contribution in [-0.4, -0.2) is 5.33 Å². The summed E-state index contributed by atoms with van der Waals surface area (Å²) >= 11 is 3.28.